The summed E-state index contributed by atoms with van der Waals surface area (Å²) in [6, 6.07) is 7.84. The molecule has 0 N–H and O–H groups in total. The van der Waals surface area contributed by atoms with Gasteiger partial charge in [0.2, 0.25) is 0 Å². The largest absolute Gasteiger partial charge is 0.468 e. The lowest BCUT2D eigenvalue weighted by atomic mass is 9.79. The monoisotopic (exact) mass is 284 g/mol. The van der Waals surface area contributed by atoms with Crippen molar-refractivity contribution >= 4 is 21.9 Å². The Hall–Kier alpha value is -0.830. The van der Waals surface area contributed by atoms with Crippen molar-refractivity contribution in [2.24, 2.45) is 0 Å². The molecule has 16 heavy (non-hydrogen) atoms. The quantitative estimate of drug-likeness (QED) is 0.789. The Morgan fingerprint density at radius 2 is 2.19 bits per heavy atom. The highest BCUT2D eigenvalue weighted by atomic mass is 79.9. The first-order chi connectivity index (χ1) is 7.54. The fraction of sp³-hybridized carbons (Fsp3) is 0.462. The Bertz CT molecular complexity index is 376. The van der Waals surface area contributed by atoms with Crippen LogP contribution in [0.15, 0.2) is 28.7 Å². The van der Waals surface area contributed by atoms with Crippen LogP contribution >= 0.6 is 15.9 Å². The van der Waals surface area contributed by atoms with Gasteiger partial charge in [-0.15, -0.1) is 0 Å². The van der Waals surface area contributed by atoms with Gasteiger partial charge < -0.3 is 4.74 Å². The number of halogens is 1. The van der Waals surface area contributed by atoms with E-state index in [-0.39, 0.29) is 5.97 Å². The summed E-state index contributed by atoms with van der Waals surface area (Å²) >= 11 is 3.42. The zero-order valence-electron chi connectivity index (χ0n) is 9.92. The average Bonchev–Trinajstić information content (AvgIpc) is 2.28. The van der Waals surface area contributed by atoms with E-state index >= 15 is 0 Å². The molecule has 88 valence electrons. The highest BCUT2D eigenvalue weighted by Crippen LogP contribution is 2.31. The number of esters is 1. The van der Waals surface area contributed by atoms with E-state index in [4.69, 9.17) is 4.74 Å². The molecule has 0 fully saturated rings. The van der Waals surface area contributed by atoms with Gasteiger partial charge in [-0.3, -0.25) is 4.79 Å². The van der Waals surface area contributed by atoms with E-state index in [0.717, 1.165) is 22.9 Å². The molecule has 0 aromatic heterocycles. The van der Waals surface area contributed by atoms with Crippen molar-refractivity contribution in [3.63, 3.8) is 0 Å². The van der Waals surface area contributed by atoms with Crippen LogP contribution in [0.1, 0.15) is 32.3 Å². The minimum atomic E-state index is -0.548. The maximum absolute atomic E-state index is 11.9. The van der Waals surface area contributed by atoms with E-state index in [9.17, 15) is 4.79 Å². The Labute approximate surface area is 105 Å². The van der Waals surface area contributed by atoms with Crippen LogP contribution in [0.5, 0.6) is 0 Å². The molecule has 1 atom stereocenters. The topological polar surface area (TPSA) is 26.3 Å². The Balaban J connectivity index is 3.15. The Morgan fingerprint density at radius 3 is 2.69 bits per heavy atom. The zero-order valence-corrected chi connectivity index (χ0v) is 11.5. The summed E-state index contributed by atoms with van der Waals surface area (Å²) in [5.41, 5.74) is 0.448. The van der Waals surface area contributed by atoms with Gasteiger partial charge in [0.05, 0.1) is 12.5 Å². The number of hydrogen-bond donors (Lipinski definition) is 0. The van der Waals surface area contributed by atoms with Gasteiger partial charge in [-0.25, -0.2) is 0 Å². The zero-order chi connectivity index (χ0) is 12.2. The minimum absolute atomic E-state index is 0.174. The van der Waals surface area contributed by atoms with Gasteiger partial charge in [-0.05, 0) is 31.0 Å². The Kier molecular flexibility index (Phi) is 4.54. The first kappa shape index (κ1) is 13.2. The molecule has 1 unspecified atom stereocenters. The molecule has 0 radical (unpaired) electrons. The summed E-state index contributed by atoms with van der Waals surface area (Å²) in [4.78, 5) is 11.9. The van der Waals surface area contributed by atoms with Crippen molar-refractivity contribution in [2.45, 2.75) is 32.1 Å². The molecule has 1 rings (SSSR count). The van der Waals surface area contributed by atoms with Gasteiger partial charge in [0.25, 0.3) is 0 Å². The van der Waals surface area contributed by atoms with Gasteiger partial charge in [-0.2, -0.15) is 0 Å². The fourth-order valence-electron chi connectivity index (χ4n) is 1.92. The standard InChI is InChI=1S/C13H17BrO2/c1-4-8-13(2,12(15)16-3)10-6-5-7-11(14)9-10/h5-7,9H,4,8H2,1-3H3. The number of carbonyl (C=O) groups is 1. The SMILES string of the molecule is CCCC(C)(C(=O)OC)c1cccc(Br)c1. The summed E-state index contributed by atoms with van der Waals surface area (Å²) in [5, 5.41) is 0. The maximum Gasteiger partial charge on any atom is 0.315 e. The molecular formula is C13H17BrO2. The summed E-state index contributed by atoms with van der Waals surface area (Å²) < 4.78 is 5.89. The lowest BCUT2D eigenvalue weighted by Crippen LogP contribution is -2.33. The van der Waals surface area contributed by atoms with Gasteiger partial charge in [0, 0.05) is 4.47 Å². The number of benzene rings is 1. The van der Waals surface area contributed by atoms with Crippen molar-refractivity contribution in [2.75, 3.05) is 7.11 Å². The summed E-state index contributed by atoms with van der Waals surface area (Å²) in [5.74, 6) is -0.174. The number of hydrogen-bond acceptors (Lipinski definition) is 2. The molecule has 0 amide bonds. The maximum atomic E-state index is 11.9. The van der Waals surface area contributed by atoms with E-state index in [1.807, 2.05) is 31.2 Å². The molecule has 1 aromatic carbocycles. The van der Waals surface area contributed by atoms with Crippen LogP contribution in [0.4, 0.5) is 0 Å². The van der Waals surface area contributed by atoms with Crippen LogP contribution in [0.3, 0.4) is 0 Å². The second kappa shape index (κ2) is 5.48. The van der Waals surface area contributed by atoms with Crippen molar-refractivity contribution < 1.29 is 9.53 Å². The number of methoxy groups -OCH3 is 1. The van der Waals surface area contributed by atoms with Crippen molar-refractivity contribution in [1.29, 1.82) is 0 Å². The fourth-order valence-corrected chi connectivity index (χ4v) is 2.32. The van der Waals surface area contributed by atoms with Gasteiger partial charge in [-0.1, -0.05) is 41.4 Å². The summed E-state index contributed by atoms with van der Waals surface area (Å²) in [6.45, 7) is 4.00. The number of rotatable bonds is 4. The predicted molar refractivity (Wildman–Crippen MR) is 68.4 cm³/mol. The minimum Gasteiger partial charge on any atom is -0.468 e. The normalized spacial score (nSPS) is 14.2. The van der Waals surface area contributed by atoms with Crippen LogP contribution in [0.2, 0.25) is 0 Å². The van der Waals surface area contributed by atoms with Gasteiger partial charge >= 0.3 is 5.97 Å². The third kappa shape index (κ3) is 2.64. The van der Waals surface area contributed by atoms with E-state index in [2.05, 4.69) is 22.9 Å². The molecule has 0 aliphatic rings. The molecule has 0 heterocycles. The summed E-state index contributed by atoms with van der Waals surface area (Å²) in [6.07, 6.45) is 1.73. The van der Waals surface area contributed by atoms with Crippen molar-refractivity contribution in [3.8, 4) is 0 Å². The van der Waals surface area contributed by atoms with Gasteiger partial charge in [0.15, 0.2) is 0 Å². The third-order valence-corrected chi connectivity index (χ3v) is 3.34. The first-order valence-electron chi connectivity index (χ1n) is 5.39. The van der Waals surface area contributed by atoms with E-state index in [0.29, 0.717) is 0 Å². The molecule has 1 aromatic rings. The molecule has 0 aliphatic carbocycles. The second-order valence-corrected chi connectivity index (χ2v) is 5.00. The Morgan fingerprint density at radius 1 is 1.50 bits per heavy atom. The summed E-state index contributed by atoms with van der Waals surface area (Å²) in [7, 11) is 1.44. The van der Waals surface area contributed by atoms with Crippen LogP contribution in [-0.2, 0) is 14.9 Å². The molecule has 0 bridgehead atoms. The highest BCUT2D eigenvalue weighted by molar-refractivity contribution is 9.10. The second-order valence-electron chi connectivity index (χ2n) is 4.08. The predicted octanol–water partition coefficient (Wildman–Crippen LogP) is 3.68. The molecule has 3 heteroatoms. The average molecular weight is 285 g/mol. The van der Waals surface area contributed by atoms with E-state index in [1.165, 1.54) is 7.11 Å². The highest BCUT2D eigenvalue weighted by Gasteiger charge is 2.35. The number of carbonyl (C=O) groups excluding carboxylic acids is 1. The molecule has 0 saturated heterocycles. The molecule has 0 aliphatic heterocycles. The smallest absolute Gasteiger partial charge is 0.315 e. The van der Waals surface area contributed by atoms with Crippen LogP contribution < -0.4 is 0 Å². The van der Waals surface area contributed by atoms with Crippen LogP contribution in [0.25, 0.3) is 0 Å². The van der Waals surface area contributed by atoms with E-state index in [1.54, 1.807) is 0 Å². The van der Waals surface area contributed by atoms with E-state index < -0.39 is 5.41 Å². The number of ether oxygens (including phenoxy) is 1. The molecule has 0 saturated carbocycles. The van der Waals surface area contributed by atoms with Crippen molar-refractivity contribution in [3.05, 3.63) is 34.3 Å². The van der Waals surface area contributed by atoms with Crippen LogP contribution in [0, 0.1) is 0 Å². The third-order valence-electron chi connectivity index (χ3n) is 2.85. The lowest BCUT2D eigenvalue weighted by Gasteiger charge is -2.26. The van der Waals surface area contributed by atoms with Crippen molar-refractivity contribution in [1.82, 2.24) is 0 Å². The molecular weight excluding hydrogens is 268 g/mol. The van der Waals surface area contributed by atoms with Gasteiger partial charge in [0.1, 0.15) is 0 Å². The lowest BCUT2D eigenvalue weighted by molar-refractivity contribution is -0.147. The molecule has 0 spiro atoms. The molecule has 2 nitrogen and oxygen atoms in total. The first-order valence-corrected chi connectivity index (χ1v) is 6.18. The van der Waals surface area contributed by atoms with Crippen LogP contribution in [-0.4, -0.2) is 13.1 Å².